The van der Waals surface area contributed by atoms with E-state index in [4.69, 9.17) is 0 Å². The van der Waals surface area contributed by atoms with Crippen LogP contribution < -0.4 is 10.9 Å². The number of nitrogens with zero attached hydrogens (tertiary/aromatic N) is 1. The molecule has 0 fully saturated rings. The zero-order valence-corrected chi connectivity index (χ0v) is 5.94. The molecule has 0 saturated carbocycles. The van der Waals surface area contributed by atoms with Gasteiger partial charge in [0.15, 0.2) is 0 Å². The first-order valence-electron chi connectivity index (χ1n) is 3.23. The monoisotopic (exact) mass is 115 g/mol. The van der Waals surface area contributed by atoms with Gasteiger partial charge in [-0.1, -0.05) is 6.92 Å². The molecule has 0 spiro atoms. The van der Waals surface area contributed by atoms with Crippen molar-refractivity contribution in [2.24, 2.45) is 0 Å². The van der Waals surface area contributed by atoms with E-state index in [1.807, 2.05) is 6.92 Å². The van der Waals surface area contributed by atoms with E-state index in [1.165, 1.54) is 0 Å². The normalized spacial score (nSPS) is 13.9. The lowest BCUT2D eigenvalue weighted by Crippen LogP contribution is -2.32. The molecule has 0 saturated heterocycles. The van der Waals surface area contributed by atoms with E-state index < -0.39 is 0 Å². The van der Waals surface area contributed by atoms with E-state index in [2.05, 4.69) is 24.7 Å². The summed E-state index contributed by atoms with van der Waals surface area (Å²) >= 11 is 0. The van der Waals surface area contributed by atoms with Gasteiger partial charge in [0.05, 0.1) is 0 Å². The summed E-state index contributed by atoms with van der Waals surface area (Å²) in [5.74, 6) is 0. The van der Waals surface area contributed by atoms with Gasteiger partial charge in [0.25, 0.3) is 0 Å². The molecule has 1 atom stereocenters. The second-order valence-electron chi connectivity index (χ2n) is 1.91. The molecule has 0 amide bonds. The van der Waals surface area contributed by atoms with Crippen LogP contribution in [0.5, 0.6) is 0 Å². The molecule has 49 valence electrons. The smallest absolute Gasteiger partial charge is 0.0276 e. The Labute approximate surface area is 51.6 Å². The van der Waals surface area contributed by atoms with E-state index >= 15 is 0 Å². The molecule has 1 unspecified atom stereocenters. The van der Waals surface area contributed by atoms with Crippen LogP contribution in [0.1, 0.15) is 27.2 Å². The molecule has 0 bridgehead atoms. The van der Waals surface area contributed by atoms with Crippen molar-refractivity contribution >= 4 is 0 Å². The Morgan fingerprint density at radius 2 is 2.12 bits per heavy atom. The second-order valence-corrected chi connectivity index (χ2v) is 1.91. The summed E-state index contributed by atoms with van der Waals surface area (Å²) in [5.41, 5.74) is 7.00. The molecular formula is C6H15N2. The minimum Gasteiger partial charge on any atom is -0.237 e. The van der Waals surface area contributed by atoms with E-state index in [-0.39, 0.29) is 0 Å². The van der Waals surface area contributed by atoms with E-state index in [0.717, 1.165) is 13.0 Å². The van der Waals surface area contributed by atoms with Crippen molar-refractivity contribution in [1.29, 1.82) is 0 Å². The number of nitrogens with one attached hydrogen (secondary N) is 1. The van der Waals surface area contributed by atoms with E-state index in [9.17, 15) is 0 Å². The molecule has 2 heteroatoms. The maximum absolute atomic E-state index is 3.99. The van der Waals surface area contributed by atoms with Crippen molar-refractivity contribution in [3.63, 3.8) is 0 Å². The summed E-state index contributed by atoms with van der Waals surface area (Å²) < 4.78 is 0. The summed E-state index contributed by atoms with van der Waals surface area (Å²) in [7, 11) is 0. The fraction of sp³-hybridized carbons (Fsp3) is 1.00. The van der Waals surface area contributed by atoms with Gasteiger partial charge in [0.2, 0.25) is 0 Å². The zero-order valence-electron chi connectivity index (χ0n) is 5.94. The van der Waals surface area contributed by atoms with Crippen LogP contribution in [0, 0.1) is 0 Å². The fourth-order valence-corrected chi connectivity index (χ4v) is 0.338. The van der Waals surface area contributed by atoms with Crippen molar-refractivity contribution in [2.45, 2.75) is 33.2 Å². The van der Waals surface area contributed by atoms with Crippen LogP contribution in [0.15, 0.2) is 0 Å². The molecule has 0 aromatic heterocycles. The summed E-state index contributed by atoms with van der Waals surface area (Å²) in [4.78, 5) is 0. The molecular weight excluding hydrogens is 100 g/mol. The maximum Gasteiger partial charge on any atom is 0.0276 e. The molecule has 0 aromatic rings. The first kappa shape index (κ1) is 7.92. The second kappa shape index (κ2) is 5.06. The zero-order chi connectivity index (χ0) is 6.41. The first-order chi connectivity index (χ1) is 3.81. The third kappa shape index (κ3) is 4.09. The molecule has 8 heavy (non-hydrogen) atoms. The Hall–Kier alpha value is -0.0800. The molecule has 0 rings (SSSR count). The third-order valence-electron chi connectivity index (χ3n) is 1.08. The Kier molecular flexibility index (Phi) is 5.01. The lowest BCUT2D eigenvalue weighted by Gasteiger charge is -2.07. The van der Waals surface area contributed by atoms with Crippen molar-refractivity contribution < 1.29 is 0 Å². The Balaban J connectivity index is 2.86. The van der Waals surface area contributed by atoms with Gasteiger partial charge in [-0.25, -0.2) is 5.43 Å². The minimum absolute atomic E-state index is 0.537. The fourth-order valence-electron chi connectivity index (χ4n) is 0.338. The van der Waals surface area contributed by atoms with Crippen LogP contribution in [-0.2, 0) is 0 Å². The minimum atomic E-state index is 0.537. The molecule has 0 aliphatic heterocycles. The average Bonchev–Trinajstić information content (AvgIpc) is 1.83. The molecule has 0 aromatic carbocycles. The molecule has 1 radical (unpaired) electrons. The van der Waals surface area contributed by atoms with Crippen LogP contribution in [0.4, 0.5) is 0 Å². The van der Waals surface area contributed by atoms with Gasteiger partial charge in [0, 0.05) is 12.6 Å². The molecule has 0 heterocycles. The molecule has 0 aliphatic rings. The first-order valence-corrected chi connectivity index (χ1v) is 3.23. The lowest BCUT2D eigenvalue weighted by molar-refractivity contribution is 0.444. The van der Waals surface area contributed by atoms with Crippen molar-refractivity contribution in [2.75, 3.05) is 6.54 Å². The average molecular weight is 115 g/mol. The van der Waals surface area contributed by atoms with Crippen LogP contribution in [0.2, 0.25) is 0 Å². The van der Waals surface area contributed by atoms with Crippen LogP contribution in [-0.4, -0.2) is 12.6 Å². The summed E-state index contributed by atoms with van der Waals surface area (Å²) in [6.45, 7) is 7.15. The van der Waals surface area contributed by atoms with Gasteiger partial charge >= 0.3 is 0 Å². The summed E-state index contributed by atoms with van der Waals surface area (Å²) in [5, 5.41) is 0. The van der Waals surface area contributed by atoms with Gasteiger partial charge in [-0.15, -0.1) is 0 Å². The summed E-state index contributed by atoms with van der Waals surface area (Å²) in [6.07, 6.45) is 1.14. The van der Waals surface area contributed by atoms with Gasteiger partial charge < -0.3 is 0 Å². The quantitative estimate of drug-likeness (QED) is 0.542. The van der Waals surface area contributed by atoms with Crippen LogP contribution in [0.25, 0.3) is 0 Å². The molecule has 1 N–H and O–H groups in total. The Bertz CT molecular complexity index is 45.8. The highest BCUT2D eigenvalue weighted by Gasteiger charge is 1.92. The highest BCUT2D eigenvalue weighted by atomic mass is 15.4. The van der Waals surface area contributed by atoms with Gasteiger partial charge in [-0.3, -0.25) is 0 Å². The SMILES string of the molecule is CC[N]NC(C)CC. The van der Waals surface area contributed by atoms with Crippen LogP contribution in [0.3, 0.4) is 0 Å². The molecule has 2 nitrogen and oxygen atoms in total. The lowest BCUT2D eigenvalue weighted by atomic mass is 10.3. The van der Waals surface area contributed by atoms with Gasteiger partial charge in [-0.2, -0.15) is 5.43 Å². The predicted octanol–water partition coefficient (Wildman–Crippen LogP) is 0.914. The number of rotatable bonds is 4. The largest absolute Gasteiger partial charge is 0.237 e. The topological polar surface area (TPSA) is 26.1 Å². The van der Waals surface area contributed by atoms with E-state index in [0.29, 0.717) is 6.04 Å². The Morgan fingerprint density at radius 1 is 1.50 bits per heavy atom. The molecule has 0 aliphatic carbocycles. The Morgan fingerprint density at radius 3 is 2.50 bits per heavy atom. The van der Waals surface area contributed by atoms with Crippen LogP contribution >= 0.6 is 0 Å². The number of hydrogen-bond donors (Lipinski definition) is 1. The maximum atomic E-state index is 3.99. The third-order valence-corrected chi connectivity index (χ3v) is 1.08. The van der Waals surface area contributed by atoms with Crippen molar-refractivity contribution in [1.82, 2.24) is 10.9 Å². The highest BCUT2D eigenvalue weighted by molar-refractivity contribution is 4.50. The summed E-state index contributed by atoms with van der Waals surface area (Å²) in [6, 6.07) is 0.537. The van der Waals surface area contributed by atoms with Crippen molar-refractivity contribution in [3.8, 4) is 0 Å². The van der Waals surface area contributed by atoms with Gasteiger partial charge in [0.1, 0.15) is 0 Å². The van der Waals surface area contributed by atoms with E-state index in [1.54, 1.807) is 0 Å². The predicted molar refractivity (Wildman–Crippen MR) is 35.6 cm³/mol. The number of hydrogen-bond acceptors (Lipinski definition) is 1. The van der Waals surface area contributed by atoms with Crippen molar-refractivity contribution in [3.05, 3.63) is 0 Å². The highest BCUT2D eigenvalue weighted by Crippen LogP contribution is 1.83. The van der Waals surface area contributed by atoms with Gasteiger partial charge in [-0.05, 0) is 20.3 Å². The standard InChI is InChI=1S/C6H15N2/c1-4-6(3)8-7-5-2/h6,8H,4-5H2,1-3H3.